The van der Waals surface area contributed by atoms with E-state index in [2.05, 4.69) is 33.4 Å². The third-order valence-electron chi connectivity index (χ3n) is 5.47. The molecule has 1 aromatic heterocycles. The molecule has 1 aliphatic heterocycles. The topological polar surface area (TPSA) is 87.9 Å². The zero-order chi connectivity index (χ0) is 22.3. The van der Waals surface area contributed by atoms with E-state index in [1.165, 1.54) is 0 Å². The van der Waals surface area contributed by atoms with Crippen LogP contribution in [-0.2, 0) is 16.1 Å². The van der Waals surface area contributed by atoms with Crippen LogP contribution in [0.3, 0.4) is 0 Å². The number of carbonyl (C=O) groups excluding carboxylic acids is 2. The van der Waals surface area contributed by atoms with Gasteiger partial charge in [-0.3, -0.25) is 9.69 Å². The highest BCUT2D eigenvalue weighted by Gasteiger charge is 2.22. The van der Waals surface area contributed by atoms with Crippen molar-refractivity contribution in [3.8, 4) is 11.1 Å². The minimum absolute atomic E-state index is 0.149. The number of oxazole rings is 1. The molecule has 0 unspecified atom stereocenters. The number of nitrogens with zero attached hydrogens (tertiary/aromatic N) is 3. The summed E-state index contributed by atoms with van der Waals surface area (Å²) in [5.74, 6) is 0.379. The van der Waals surface area contributed by atoms with Gasteiger partial charge in [-0.15, -0.1) is 0 Å². The molecule has 32 heavy (non-hydrogen) atoms. The van der Waals surface area contributed by atoms with E-state index in [0.29, 0.717) is 32.1 Å². The first-order chi connectivity index (χ1) is 15.6. The molecule has 2 aromatic carbocycles. The van der Waals surface area contributed by atoms with Crippen molar-refractivity contribution >= 4 is 23.1 Å². The summed E-state index contributed by atoms with van der Waals surface area (Å²) in [6, 6.07) is 16.1. The number of fused-ring (bicyclic) bond motifs is 1. The number of hydrogen-bond acceptors (Lipinski definition) is 6. The lowest BCUT2D eigenvalue weighted by Gasteiger charge is -2.33. The number of esters is 1. The van der Waals surface area contributed by atoms with Crippen molar-refractivity contribution in [2.24, 2.45) is 0 Å². The van der Waals surface area contributed by atoms with Gasteiger partial charge in [-0.25, -0.2) is 9.78 Å². The van der Waals surface area contributed by atoms with Gasteiger partial charge in [0.2, 0.25) is 5.89 Å². The molecular formula is C24H28N4O4. The molecule has 0 bridgehead atoms. The number of amides is 2. The van der Waals surface area contributed by atoms with Crippen molar-refractivity contribution < 1.29 is 18.7 Å². The molecule has 0 spiro atoms. The Balaban J connectivity index is 1.27. The third kappa shape index (κ3) is 5.45. The maximum Gasteiger partial charge on any atom is 0.317 e. The van der Waals surface area contributed by atoms with Crippen molar-refractivity contribution in [1.82, 2.24) is 20.1 Å². The highest BCUT2D eigenvalue weighted by Crippen LogP contribution is 2.25. The van der Waals surface area contributed by atoms with Crippen LogP contribution < -0.4 is 5.32 Å². The lowest BCUT2D eigenvalue weighted by molar-refractivity contribution is -0.142. The van der Waals surface area contributed by atoms with Gasteiger partial charge in [0, 0.05) is 32.7 Å². The Morgan fingerprint density at radius 3 is 2.59 bits per heavy atom. The summed E-state index contributed by atoms with van der Waals surface area (Å²) < 4.78 is 10.8. The molecule has 3 aromatic rings. The number of aromatic nitrogens is 1. The molecule has 1 saturated heterocycles. The first kappa shape index (κ1) is 21.8. The summed E-state index contributed by atoms with van der Waals surface area (Å²) in [6.07, 6.45) is 0.184. The van der Waals surface area contributed by atoms with E-state index in [1.807, 2.05) is 30.3 Å². The van der Waals surface area contributed by atoms with E-state index in [-0.39, 0.29) is 25.0 Å². The van der Waals surface area contributed by atoms with Crippen LogP contribution in [-0.4, -0.2) is 66.1 Å². The Hall–Kier alpha value is -3.39. The van der Waals surface area contributed by atoms with Crippen LogP contribution in [0.4, 0.5) is 4.79 Å². The number of ether oxygens (including phenoxy) is 1. The Bertz CT molecular complexity index is 1060. The normalized spacial score (nSPS) is 14.5. The lowest BCUT2D eigenvalue weighted by atomic mass is 10.1. The summed E-state index contributed by atoms with van der Waals surface area (Å²) >= 11 is 0. The van der Waals surface area contributed by atoms with Gasteiger partial charge in [-0.2, -0.15) is 0 Å². The fraction of sp³-hybridized carbons (Fsp3) is 0.375. The number of benzene rings is 2. The van der Waals surface area contributed by atoms with Crippen LogP contribution in [0.5, 0.6) is 0 Å². The molecule has 0 radical (unpaired) electrons. The van der Waals surface area contributed by atoms with Gasteiger partial charge < -0.3 is 19.4 Å². The van der Waals surface area contributed by atoms with E-state index in [9.17, 15) is 9.59 Å². The second kappa shape index (κ2) is 10.3. The van der Waals surface area contributed by atoms with Gasteiger partial charge in [0.25, 0.3) is 0 Å². The van der Waals surface area contributed by atoms with Crippen molar-refractivity contribution in [3.05, 3.63) is 54.4 Å². The van der Waals surface area contributed by atoms with Crippen LogP contribution in [0, 0.1) is 0 Å². The highest BCUT2D eigenvalue weighted by molar-refractivity contribution is 5.80. The largest absolute Gasteiger partial charge is 0.466 e. The molecule has 0 atom stereocenters. The fourth-order valence-corrected chi connectivity index (χ4v) is 3.77. The quantitative estimate of drug-likeness (QED) is 0.572. The van der Waals surface area contributed by atoms with Crippen LogP contribution in [0.15, 0.2) is 52.9 Å². The molecule has 2 amide bonds. The van der Waals surface area contributed by atoms with E-state index in [0.717, 1.165) is 35.3 Å². The number of hydrogen-bond donors (Lipinski definition) is 1. The second-order valence-electron chi connectivity index (χ2n) is 7.71. The van der Waals surface area contributed by atoms with Crippen molar-refractivity contribution in [2.75, 3.05) is 39.3 Å². The average molecular weight is 437 g/mol. The fourth-order valence-electron chi connectivity index (χ4n) is 3.77. The first-order valence-electron chi connectivity index (χ1n) is 11.0. The Labute approximate surface area is 187 Å². The summed E-state index contributed by atoms with van der Waals surface area (Å²) in [5, 5.41) is 2.78. The van der Waals surface area contributed by atoms with E-state index < -0.39 is 0 Å². The number of urea groups is 1. The number of rotatable bonds is 7. The molecule has 1 N–H and O–H groups in total. The monoisotopic (exact) mass is 436 g/mol. The molecule has 2 heterocycles. The molecule has 0 aliphatic carbocycles. The first-order valence-corrected chi connectivity index (χ1v) is 11.0. The van der Waals surface area contributed by atoms with Crippen LogP contribution in [0.1, 0.15) is 19.2 Å². The van der Waals surface area contributed by atoms with E-state index >= 15 is 0 Å². The molecule has 8 heteroatoms. The Morgan fingerprint density at radius 2 is 1.84 bits per heavy atom. The third-order valence-corrected chi connectivity index (χ3v) is 5.47. The van der Waals surface area contributed by atoms with Crippen LogP contribution in [0.25, 0.3) is 22.2 Å². The van der Waals surface area contributed by atoms with Gasteiger partial charge in [-0.05, 0) is 30.2 Å². The van der Waals surface area contributed by atoms with Gasteiger partial charge in [-0.1, -0.05) is 36.4 Å². The Morgan fingerprint density at radius 1 is 1.06 bits per heavy atom. The number of carbonyl (C=O) groups is 2. The molecule has 0 saturated carbocycles. The summed E-state index contributed by atoms with van der Waals surface area (Å²) in [6.45, 7) is 5.70. The summed E-state index contributed by atoms with van der Waals surface area (Å²) in [7, 11) is 0. The summed E-state index contributed by atoms with van der Waals surface area (Å²) in [4.78, 5) is 32.3. The van der Waals surface area contributed by atoms with Crippen LogP contribution in [0.2, 0.25) is 0 Å². The van der Waals surface area contributed by atoms with Gasteiger partial charge >= 0.3 is 12.0 Å². The van der Waals surface area contributed by atoms with Gasteiger partial charge in [0.15, 0.2) is 5.58 Å². The molecule has 8 nitrogen and oxygen atoms in total. The minimum atomic E-state index is -0.299. The van der Waals surface area contributed by atoms with Crippen molar-refractivity contribution in [2.45, 2.75) is 19.9 Å². The van der Waals surface area contributed by atoms with E-state index in [4.69, 9.17) is 9.15 Å². The average Bonchev–Trinajstić information content (AvgIpc) is 3.21. The maximum absolute atomic E-state index is 12.3. The number of piperazine rings is 1. The number of nitrogens with one attached hydrogen (secondary N) is 1. The highest BCUT2D eigenvalue weighted by atomic mass is 16.5. The van der Waals surface area contributed by atoms with Gasteiger partial charge in [0.1, 0.15) is 5.52 Å². The van der Waals surface area contributed by atoms with E-state index in [1.54, 1.807) is 11.8 Å². The molecule has 1 aliphatic rings. The molecule has 1 fully saturated rings. The maximum atomic E-state index is 12.3. The smallest absolute Gasteiger partial charge is 0.317 e. The van der Waals surface area contributed by atoms with Crippen LogP contribution >= 0.6 is 0 Å². The molecular weight excluding hydrogens is 408 g/mol. The van der Waals surface area contributed by atoms with Crippen molar-refractivity contribution in [1.29, 1.82) is 0 Å². The van der Waals surface area contributed by atoms with Crippen molar-refractivity contribution in [3.63, 3.8) is 0 Å². The Kier molecular flexibility index (Phi) is 7.01. The zero-order valence-corrected chi connectivity index (χ0v) is 18.3. The molecule has 4 rings (SSSR count). The minimum Gasteiger partial charge on any atom is -0.466 e. The van der Waals surface area contributed by atoms with Gasteiger partial charge in [0.05, 0.1) is 19.6 Å². The standard InChI is InChI=1S/C24H28N4O4/c1-2-31-23(29)10-11-25-24(30)28-14-12-27(13-15-28)17-22-26-20-16-19(8-9-21(20)32-22)18-6-4-3-5-7-18/h3-9,16H,2,10-15,17H2,1H3,(H,25,30). The zero-order valence-electron chi connectivity index (χ0n) is 18.3. The molecule has 168 valence electrons. The summed E-state index contributed by atoms with van der Waals surface area (Å²) in [5.41, 5.74) is 3.89. The lowest BCUT2D eigenvalue weighted by Crippen LogP contribution is -2.51. The predicted molar refractivity (Wildman–Crippen MR) is 121 cm³/mol. The SMILES string of the molecule is CCOC(=O)CCNC(=O)N1CCN(Cc2nc3cc(-c4ccccc4)ccc3o2)CC1. The predicted octanol–water partition coefficient (Wildman–Crippen LogP) is 3.28. The second-order valence-corrected chi connectivity index (χ2v) is 7.71.